The van der Waals surface area contributed by atoms with E-state index >= 15 is 0 Å². The molecular weight excluding hydrogens is 436 g/mol. The Balaban J connectivity index is 2.11. The maximum absolute atomic E-state index is 2.73. The van der Waals surface area contributed by atoms with E-state index in [9.17, 15) is 0 Å². The first-order valence-electron chi connectivity index (χ1n) is 14.1. The van der Waals surface area contributed by atoms with Crippen molar-refractivity contribution in [2.75, 3.05) is 0 Å². The molecule has 0 saturated carbocycles. The zero-order valence-corrected chi connectivity index (χ0v) is 24.7. The van der Waals surface area contributed by atoms with Crippen molar-refractivity contribution in [2.45, 2.75) is 124 Å². The monoisotopic (exact) mass is 483 g/mol. The summed E-state index contributed by atoms with van der Waals surface area (Å²) in [5.74, 6) is 0. The lowest BCUT2D eigenvalue weighted by molar-refractivity contribution is -0.801. The topological polar surface area (TPSA) is 8.29 Å². The third-order valence-electron chi connectivity index (χ3n) is 9.08. The molecule has 2 heteroatoms. The highest BCUT2D eigenvalue weighted by molar-refractivity contribution is 6.12. The molecule has 0 radical (unpaired) electrons. The van der Waals surface area contributed by atoms with Crippen molar-refractivity contribution in [3.8, 4) is 0 Å². The minimum atomic E-state index is 0.0386. The lowest BCUT2D eigenvalue weighted by Gasteiger charge is -2.25. The number of fused-ring (bicyclic) bond motifs is 3. The summed E-state index contributed by atoms with van der Waals surface area (Å²) in [5.41, 5.74) is 9.05. The second-order valence-corrected chi connectivity index (χ2v) is 14.5. The number of hydrogen-bond acceptors (Lipinski definition) is 0. The minimum absolute atomic E-state index is 0.0386. The van der Waals surface area contributed by atoms with Crippen LogP contribution in [0.2, 0.25) is 0 Å². The first-order chi connectivity index (χ1) is 16.6. The number of hydrogen-bond donors (Lipinski definition) is 0. The Morgan fingerprint density at radius 2 is 1.42 bits per heavy atom. The Morgan fingerprint density at radius 1 is 0.778 bits per heavy atom. The van der Waals surface area contributed by atoms with Crippen LogP contribution in [0.15, 0.2) is 36.5 Å². The largest absolute Gasteiger partial charge is 0.248 e. The van der Waals surface area contributed by atoms with E-state index in [0.717, 1.165) is 19.3 Å². The normalized spacial score (nSPS) is 16.4. The van der Waals surface area contributed by atoms with E-state index in [4.69, 9.17) is 0 Å². The van der Waals surface area contributed by atoms with Crippen LogP contribution < -0.4 is 4.68 Å². The fourth-order valence-corrected chi connectivity index (χ4v) is 6.57. The van der Waals surface area contributed by atoms with E-state index in [2.05, 4.69) is 122 Å². The molecule has 0 N–H and O–H groups in total. The van der Waals surface area contributed by atoms with Gasteiger partial charge in [0.25, 0.3) is 0 Å². The first kappa shape index (κ1) is 25.3. The molecule has 0 atom stereocenters. The molecule has 4 aromatic rings. The second-order valence-electron chi connectivity index (χ2n) is 14.5. The Labute approximate surface area is 218 Å². The quantitative estimate of drug-likeness (QED) is 0.252. The molecule has 3 heterocycles. The average Bonchev–Trinajstić information content (AvgIpc) is 3.04. The fourth-order valence-electron chi connectivity index (χ4n) is 6.57. The summed E-state index contributed by atoms with van der Waals surface area (Å²) >= 11 is 0. The van der Waals surface area contributed by atoms with Gasteiger partial charge in [-0.05, 0) is 68.5 Å². The lowest BCUT2D eigenvalue weighted by Crippen LogP contribution is -2.59. The summed E-state index contributed by atoms with van der Waals surface area (Å²) in [6.07, 6.45) is 6.95. The van der Waals surface area contributed by atoms with E-state index in [1.807, 2.05) is 0 Å². The van der Waals surface area contributed by atoms with Gasteiger partial charge in [-0.2, -0.15) is 0 Å². The maximum Gasteiger partial charge on any atom is 0.248 e. The zero-order chi connectivity index (χ0) is 26.4. The third kappa shape index (κ3) is 3.62. The minimum Gasteiger partial charge on any atom is -0.127 e. The van der Waals surface area contributed by atoms with Crippen molar-refractivity contribution < 1.29 is 4.68 Å². The van der Waals surface area contributed by atoms with Crippen molar-refractivity contribution >= 4 is 27.2 Å². The lowest BCUT2D eigenvalue weighted by atomic mass is 9.79. The third-order valence-corrected chi connectivity index (χ3v) is 9.08. The number of nitrogens with zero attached hydrogens (tertiary/aromatic N) is 2. The Hall–Kier alpha value is -2.35. The van der Waals surface area contributed by atoms with E-state index in [0.29, 0.717) is 0 Å². The molecule has 2 nitrogen and oxygen atoms in total. The predicted molar refractivity (Wildman–Crippen MR) is 156 cm³/mol. The molecule has 0 bridgehead atoms. The van der Waals surface area contributed by atoms with Crippen molar-refractivity contribution in [3.63, 3.8) is 0 Å². The highest BCUT2D eigenvalue weighted by Crippen LogP contribution is 2.44. The molecule has 36 heavy (non-hydrogen) atoms. The molecule has 0 saturated heterocycles. The van der Waals surface area contributed by atoms with E-state index < -0.39 is 0 Å². The molecule has 0 fully saturated rings. The van der Waals surface area contributed by atoms with E-state index in [1.54, 1.807) is 0 Å². The summed E-state index contributed by atoms with van der Waals surface area (Å²) in [6.45, 7) is 26.0. The number of aryl methyl sites for hydroxylation is 1. The predicted octanol–water partition coefficient (Wildman–Crippen LogP) is 8.89. The second kappa shape index (κ2) is 7.83. The molecule has 192 valence electrons. The Kier molecular flexibility index (Phi) is 5.50. The van der Waals surface area contributed by atoms with Gasteiger partial charge in [-0.1, -0.05) is 93.0 Å². The SMILES string of the molecule is CCC1(CC)CCc2cc(C(C)(C)C)cc3cc(C(C)(C)C)c4c5cc(C(C)(C)C)ccn5[n+]1c4c23. The molecule has 0 unspecified atom stereocenters. The highest BCUT2D eigenvalue weighted by atomic mass is 15.4. The summed E-state index contributed by atoms with van der Waals surface area (Å²) in [5, 5.41) is 4.35. The number of aromatic nitrogens is 2. The van der Waals surface area contributed by atoms with Gasteiger partial charge in [-0.15, -0.1) is 4.52 Å². The molecule has 1 aliphatic heterocycles. The smallest absolute Gasteiger partial charge is 0.127 e. The van der Waals surface area contributed by atoms with Gasteiger partial charge in [0.2, 0.25) is 5.52 Å². The van der Waals surface area contributed by atoms with Crippen LogP contribution in [0.3, 0.4) is 0 Å². The number of rotatable bonds is 2. The maximum atomic E-state index is 2.73. The standard InChI is InChI=1S/C34H47N2/c1-12-34(13-2)16-14-22-18-25(32(6,7)8)19-23-20-26(33(9,10)11)29-27-21-24(31(3,4)5)15-17-35(27)36(34)30(29)28(22)23/h15,17-21H,12-14,16H2,1-11H3/q+1. The average molecular weight is 484 g/mol. The molecule has 2 aromatic carbocycles. The molecule has 0 aliphatic carbocycles. The Morgan fingerprint density at radius 3 is 1.97 bits per heavy atom. The molecule has 5 rings (SSSR count). The molecule has 1 aliphatic rings. The number of benzene rings is 2. The molecular formula is C34H47N2+. The van der Waals surface area contributed by atoms with Crippen LogP contribution in [0, 0.1) is 0 Å². The van der Waals surface area contributed by atoms with Crippen molar-refractivity contribution in [1.82, 2.24) is 4.52 Å². The van der Waals surface area contributed by atoms with E-state index in [-0.39, 0.29) is 21.8 Å². The van der Waals surface area contributed by atoms with Crippen molar-refractivity contribution in [2.24, 2.45) is 0 Å². The van der Waals surface area contributed by atoms with Gasteiger partial charge in [0.1, 0.15) is 5.52 Å². The summed E-state index contributed by atoms with van der Waals surface area (Å²) in [7, 11) is 0. The number of pyridine rings is 1. The summed E-state index contributed by atoms with van der Waals surface area (Å²) < 4.78 is 5.25. The van der Waals surface area contributed by atoms with E-state index in [1.165, 1.54) is 55.9 Å². The molecule has 0 amide bonds. The summed E-state index contributed by atoms with van der Waals surface area (Å²) in [4.78, 5) is 0. The Bertz CT molecular complexity index is 1490. The van der Waals surface area contributed by atoms with Crippen molar-refractivity contribution in [3.05, 3.63) is 58.8 Å². The van der Waals surface area contributed by atoms with Crippen LogP contribution in [0.4, 0.5) is 0 Å². The van der Waals surface area contributed by atoms with Crippen molar-refractivity contribution in [1.29, 1.82) is 0 Å². The van der Waals surface area contributed by atoms with Gasteiger partial charge in [-0.25, -0.2) is 0 Å². The highest BCUT2D eigenvalue weighted by Gasteiger charge is 2.45. The van der Waals surface area contributed by atoms with Gasteiger partial charge in [0.15, 0.2) is 5.54 Å². The molecule has 2 aromatic heterocycles. The van der Waals surface area contributed by atoms with Crippen LogP contribution >= 0.6 is 0 Å². The van der Waals surface area contributed by atoms with Gasteiger partial charge in [0.05, 0.1) is 17.0 Å². The van der Waals surface area contributed by atoms with Crippen LogP contribution in [0.1, 0.15) is 118 Å². The summed E-state index contributed by atoms with van der Waals surface area (Å²) in [6, 6.07) is 12.4. The van der Waals surface area contributed by atoms with Gasteiger partial charge in [0, 0.05) is 19.3 Å². The fraction of sp³-hybridized carbons (Fsp3) is 0.559. The van der Waals surface area contributed by atoms with Crippen LogP contribution in [0.5, 0.6) is 0 Å². The van der Waals surface area contributed by atoms with Crippen LogP contribution in [-0.2, 0) is 28.2 Å². The van der Waals surface area contributed by atoms with Gasteiger partial charge in [-0.3, -0.25) is 0 Å². The first-order valence-corrected chi connectivity index (χ1v) is 14.1. The van der Waals surface area contributed by atoms with Crippen LogP contribution in [0.25, 0.3) is 27.2 Å². The zero-order valence-electron chi connectivity index (χ0n) is 24.7. The van der Waals surface area contributed by atoms with Gasteiger partial charge < -0.3 is 0 Å². The van der Waals surface area contributed by atoms with Gasteiger partial charge >= 0.3 is 0 Å². The van der Waals surface area contributed by atoms with Crippen LogP contribution in [-0.4, -0.2) is 4.52 Å². The molecule has 0 spiro atoms.